The fraction of sp³-hybridized carbons (Fsp3) is 0.357. The first-order valence-corrected chi connectivity index (χ1v) is 6.06. The van der Waals surface area contributed by atoms with Gasteiger partial charge in [-0.15, -0.1) is 0 Å². The van der Waals surface area contributed by atoms with Crippen molar-refractivity contribution in [2.75, 3.05) is 20.6 Å². The first-order chi connectivity index (χ1) is 8.72. The van der Waals surface area contributed by atoms with Crippen molar-refractivity contribution in [1.29, 1.82) is 0 Å². The molecule has 0 aliphatic heterocycles. The van der Waals surface area contributed by atoms with Gasteiger partial charge in [-0.2, -0.15) is 0 Å². The predicted octanol–water partition coefficient (Wildman–Crippen LogP) is 2.00. The van der Waals surface area contributed by atoms with Crippen LogP contribution >= 0.6 is 0 Å². The van der Waals surface area contributed by atoms with Crippen molar-refractivity contribution in [3.8, 4) is 0 Å². The van der Waals surface area contributed by atoms with E-state index in [1.807, 2.05) is 38.4 Å². The summed E-state index contributed by atoms with van der Waals surface area (Å²) in [6.07, 6.45) is 2.25. The molecule has 0 fully saturated rings. The lowest BCUT2D eigenvalue weighted by molar-refractivity contribution is -0.130. The fourth-order valence-corrected chi connectivity index (χ4v) is 1.92. The van der Waals surface area contributed by atoms with Gasteiger partial charge in [-0.1, -0.05) is 18.2 Å². The van der Waals surface area contributed by atoms with E-state index in [1.165, 1.54) is 0 Å². The molecule has 0 atom stereocenters. The summed E-state index contributed by atoms with van der Waals surface area (Å²) in [4.78, 5) is 13.6. The predicted molar refractivity (Wildman–Crippen MR) is 71.2 cm³/mol. The molecule has 96 valence electrons. The third-order valence-corrected chi connectivity index (χ3v) is 2.98. The number of amides is 1. The third kappa shape index (κ3) is 2.71. The molecule has 0 radical (unpaired) electrons. The topological polar surface area (TPSA) is 45.5 Å². The van der Waals surface area contributed by atoms with Crippen LogP contribution in [0.25, 0.3) is 11.0 Å². The van der Waals surface area contributed by atoms with Crippen molar-refractivity contribution in [1.82, 2.24) is 10.2 Å². The van der Waals surface area contributed by atoms with E-state index in [2.05, 4.69) is 5.32 Å². The van der Waals surface area contributed by atoms with Crippen molar-refractivity contribution in [2.45, 2.75) is 13.0 Å². The Balaban J connectivity index is 2.07. The van der Waals surface area contributed by atoms with E-state index in [1.54, 1.807) is 11.2 Å². The van der Waals surface area contributed by atoms with Crippen molar-refractivity contribution in [3.63, 3.8) is 0 Å². The van der Waals surface area contributed by atoms with Crippen LogP contribution in [0.5, 0.6) is 0 Å². The zero-order chi connectivity index (χ0) is 13.0. The van der Waals surface area contributed by atoms with Gasteiger partial charge in [0.2, 0.25) is 5.91 Å². The lowest BCUT2D eigenvalue weighted by Crippen LogP contribution is -2.28. The number of fused-ring (bicyclic) bond motifs is 1. The van der Waals surface area contributed by atoms with E-state index in [9.17, 15) is 4.79 Å². The molecule has 18 heavy (non-hydrogen) atoms. The Morgan fingerprint density at radius 1 is 1.39 bits per heavy atom. The van der Waals surface area contributed by atoms with Gasteiger partial charge in [0.15, 0.2) is 0 Å². The molecular weight excluding hydrogens is 228 g/mol. The van der Waals surface area contributed by atoms with Crippen LogP contribution in [-0.4, -0.2) is 31.4 Å². The van der Waals surface area contributed by atoms with Gasteiger partial charge in [0.1, 0.15) is 5.58 Å². The van der Waals surface area contributed by atoms with E-state index >= 15 is 0 Å². The van der Waals surface area contributed by atoms with Gasteiger partial charge in [-0.05, 0) is 13.1 Å². The molecule has 0 saturated heterocycles. The highest BCUT2D eigenvalue weighted by Crippen LogP contribution is 2.21. The maximum atomic E-state index is 11.8. The number of para-hydroxylation sites is 1. The number of nitrogens with one attached hydrogen (secondary N) is 1. The largest absolute Gasteiger partial charge is 0.464 e. The molecule has 0 aliphatic carbocycles. The number of furan rings is 1. The van der Waals surface area contributed by atoms with Crippen LogP contribution in [0.4, 0.5) is 0 Å². The van der Waals surface area contributed by atoms with Crippen molar-refractivity contribution >= 4 is 16.9 Å². The molecule has 2 rings (SSSR count). The zero-order valence-corrected chi connectivity index (χ0v) is 10.8. The molecule has 1 heterocycles. The second kappa shape index (κ2) is 5.69. The fourth-order valence-electron chi connectivity index (χ4n) is 1.92. The Bertz CT molecular complexity index is 533. The minimum atomic E-state index is 0.134. The first-order valence-electron chi connectivity index (χ1n) is 6.06. The molecule has 4 nitrogen and oxygen atoms in total. The minimum Gasteiger partial charge on any atom is -0.464 e. The Morgan fingerprint density at radius 3 is 2.94 bits per heavy atom. The molecule has 1 aromatic carbocycles. The maximum Gasteiger partial charge on any atom is 0.223 e. The number of benzene rings is 1. The molecule has 1 amide bonds. The lowest BCUT2D eigenvalue weighted by atomic mass is 10.1. The average molecular weight is 246 g/mol. The first kappa shape index (κ1) is 12.6. The summed E-state index contributed by atoms with van der Waals surface area (Å²) in [7, 11) is 3.66. The van der Waals surface area contributed by atoms with Gasteiger partial charge in [0.25, 0.3) is 0 Å². The smallest absolute Gasteiger partial charge is 0.223 e. The second-order valence-corrected chi connectivity index (χ2v) is 4.36. The highest BCUT2D eigenvalue weighted by molar-refractivity contribution is 5.82. The number of hydrogen-bond donors (Lipinski definition) is 1. The van der Waals surface area contributed by atoms with Crippen LogP contribution in [0.1, 0.15) is 12.0 Å². The zero-order valence-electron chi connectivity index (χ0n) is 10.8. The van der Waals surface area contributed by atoms with Crippen LogP contribution in [0, 0.1) is 0 Å². The van der Waals surface area contributed by atoms with Crippen LogP contribution < -0.4 is 5.32 Å². The summed E-state index contributed by atoms with van der Waals surface area (Å²) < 4.78 is 5.46. The van der Waals surface area contributed by atoms with Gasteiger partial charge in [0, 0.05) is 37.5 Å². The number of nitrogens with zero attached hydrogens (tertiary/aromatic N) is 1. The Labute approximate surface area is 107 Å². The average Bonchev–Trinajstić information content (AvgIpc) is 2.79. The summed E-state index contributed by atoms with van der Waals surface area (Å²) in [6, 6.07) is 7.86. The highest BCUT2D eigenvalue weighted by atomic mass is 16.3. The van der Waals surface area contributed by atoms with Gasteiger partial charge in [-0.3, -0.25) is 4.79 Å². The molecular formula is C14H18N2O2. The van der Waals surface area contributed by atoms with Crippen LogP contribution in [0.2, 0.25) is 0 Å². The monoisotopic (exact) mass is 246 g/mol. The Morgan fingerprint density at radius 2 is 2.17 bits per heavy atom. The van der Waals surface area contributed by atoms with E-state index < -0.39 is 0 Å². The Kier molecular flexibility index (Phi) is 3.99. The van der Waals surface area contributed by atoms with E-state index in [0.717, 1.165) is 16.5 Å². The van der Waals surface area contributed by atoms with Crippen molar-refractivity contribution in [2.24, 2.45) is 0 Å². The van der Waals surface area contributed by atoms with E-state index in [4.69, 9.17) is 4.42 Å². The van der Waals surface area contributed by atoms with Gasteiger partial charge in [-0.25, -0.2) is 0 Å². The molecule has 1 N–H and O–H groups in total. The molecule has 0 bridgehead atoms. The van der Waals surface area contributed by atoms with Crippen molar-refractivity contribution < 1.29 is 9.21 Å². The quantitative estimate of drug-likeness (QED) is 0.877. The number of carbonyl (C=O) groups is 1. The molecule has 0 unspecified atom stereocenters. The third-order valence-electron chi connectivity index (χ3n) is 2.98. The maximum absolute atomic E-state index is 11.8. The summed E-state index contributed by atoms with van der Waals surface area (Å²) in [6.45, 7) is 1.29. The van der Waals surface area contributed by atoms with Gasteiger partial charge < -0.3 is 14.6 Å². The standard InChI is InChI=1S/C14H18N2O2/c1-15-8-7-14(17)16(2)9-11-10-18-13-6-4-3-5-12(11)13/h3-6,10,15H,7-9H2,1-2H3. The van der Waals surface area contributed by atoms with Gasteiger partial charge >= 0.3 is 0 Å². The minimum absolute atomic E-state index is 0.134. The number of hydrogen-bond acceptors (Lipinski definition) is 3. The number of rotatable bonds is 5. The van der Waals surface area contributed by atoms with Crippen LogP contribution in [0.15, 0.2) is 34.9 Å². The normalized spacial score (nSPS) is 10.8. The molecule has 1 aromatic heterocycles. The van der Waals surface area contributed by atoms with Gasteiger partial charge in [0.05, 0.1) is 6.26 Å². The summed E-state index contributed by atoms with van der Waals surface area (Å²) in [5, 5.41) is 4.05. The Hall–Kier alpha value is -1.81. The molecule has 4 heteroatoms. The summed E-state index contributed by atoms with van der Waals surface area (Å²) in [5.74, 6) is 0.134. The van der Waals surface area contributed by atoms with Crippen LogP contribution in [0.3, 0.4) is 0 Å². The highest BCUT2D eigenvalue weighted by Gasteiger charge is 2.12. The van der Waals surface area contributed by atoms with Crippen LogP contribution in [-0.2, 0) is 11.3 Å². The molecule has 0 saturated carbocycles. The molecule has 0 aliphatic rings. The van der Waals surface area contributed by atoms with E-state index in [-0.39, 0.29) is 5.91 Å². The summed E-state index contributed by atoms with van der Waals surface area (Å²) in [5.41, 5.74) is 1.91. The van der Waals surface area contributed by atoms with Crippen molar-refractivity contribution in [3.05, 3.63) is 36.1 Å². The second-order valence-electron chi connectivity index (χ2n) is 4.36. The lowest BCUT2D eigenvalue weighted by Gasteiger charge is -2.16. The summed E-state index contributed by atoms with van der Waals surface area (Å²) >= 11 is 0. The molecule has 0 spiro atoms. The molecule has 2 aromatic rings. The number of carbonyl (C=O) groups excluding carboxylic acids is 1. The van der Waals surface area contributed by atoms with E-state index in [0.29, 0.717) is 19.5 Å². The SMILES string of the molecule is CNCCC(=O)N(C)Cc1coc2ccccc12.